The van der Waals surface area contributed by atoms with Gasteiger partial charge in [-0.05, 0) is 38.7 Å². The molecule has 0 aromatic carbocycles. The summed E-state index contributed by atoms with van der Waals surface area (Å²) in [7, 11) is 0. The first-order chi connectivity index (χ1) is 8.40. The molecule has 1 unspecified atom stereocenters. The lowest BCUT2D eigenvalue weighted by Crippen LogP contribution is -2.35. The van der Waals surface area contributed by atoms with Crippen molar-refractivity contribution >= 4 is 5.95 Å². The molecule has 0 aliphatic carbocycles. The predicted octanol–water partition coefficient (Wildman–Crippen LogP) is 2.24. The topological polar surface area (TPSA) is 55.0 Å². The molecule has 0 spiro atoms. The molecule has 0 amide bonds. The Morgan fingerprint density at radius 2 is 1.67 bits per heavy atom. The van der Waals surface area contributed by atoms with Gasteiger partial charge in [0.1, 0.15) is 0 Å². The molecule has 0 bridgehead atoms. The number of nitrogens with two attached hydrogens (primary N) is 1. The van der Waals surface area contributed by atoms with Crippen LogP contribution in [0.15, 0.2) is 12.4 Å². The van der Waals surface area contributed by atoms with E-state index in [0.717, 1.165) is 24.5 Å². The van der Waals surface area contributed by atoms with Gasteiger partial charge in [0.2, 0.25) is 5.95 Å². The lowest BCUT2D eigenvalue weighted by atomic mass is 10.1. The third-order valence-corrected chi connectivity index (χ3v) is 2.69. The zero-order valence-corrected chi connectivity index (χ0v) is 12.2. The highest BCUT2D eigenvalue weighted by Crippen LogP contribution is 2.13. The molecule has 1 aromatic heterocycles. The molecule has 0 saturated heterocycles. The van der Waals surface area contributed by atoms with Crippen LogP contribution in [0.4, 0.5) is 5.95 Å². The van der Waals surface area contributed by atoms with Crippen molar-refractivity contribution in [1.29, 1.82) is 0 Å². The summed E-state index contributed by atoms with van der Waals surface area (Å²) in [5, 5.41) is 0. The third kappa shape index (κ3) is 4.61. The van der Waals surface area contributed by atoms with Gasteiger partial charge in [0.05, 0.1) is 0 Å². The molecule has 0 saturated carbocycles. The number of anilines is 1. The number of rotatable bonds is 6. The van der Waals surface area contributed by atoms with Gasteiger partial charge >= 0.3 is 0 Å². The monoisotopic (exact) mass is 250 g/mol. The van der Waals surface area contributed by atoms with Crippen LogP contribution in [0.2, 0.25) is 0 Å². The molecule has 4 heteroatoms. The fourth-order valence-corrected chi connectivity index (χ4v) is 1.89. The van der Waals surface area contributed by atoms with Gasteiger partial charge in [0, 0.05) is 31.0 Å². The summed E-state index contributed by atoms with van der Waals surface area (Å²) < 4.78 is 0. The van der Waals surface area contributed by atoms with E-state index in [0.29, 0.717) is 12.0 Å². The van der Waals surface area contributed by atoms with Gasteiger partial charge in [-0.15, -0.1) is 0 Å². The van der Waals surface area contributed by atoms with E-state index >= 15 is 0 Å². The second-order valence-electron chi connectivity index (χ2n) is 5.71. The van der Waals surface area contributed by atoms with E-state index < -0.39 is 0 Å². The molecular weight excluding hydrogens is 224 g/mol. The predicted molar refractivity (Wildman–Crippen MR) is 76.7 cm³/mol. The molecular formula is C14H26N4. The zero-order valence-electron chi connectivity index (χ0n) is 12.2. The van der Waals surface area contributed by atoms with E-state index in [4.69, 9.17) is 5.73 Å². The lowest BCUT2D eigenvalue weighted by molar-refractivity contribution is 0.559. The van der Waals surface area contributed by atoms with Crippen LogP contribution in [0.3, 0.4) is 0 Å². The second-order valence-corrected chi connectivity index (χ2v) is 5.71. The molecule has 18 heavy (non-hydrogen) atoms. The fraction of sp³-hybridized carbons (Fsp3) is 0.714. The first-order valence-corrected chi connectivity index (χ1v) is 6.73. The van der Waals surface area contributed by atoms with Gasteiger partial charge in [0.15, 0.2) is 0 Å². The van der Waals surface area contributed by atoms with Crippen LogP contribution in [-0.4, -0.2) is 28.6 Å². The van der Waals surface area contributed by atoms with Gasteiger partial charge in [-0.2, -0.15) is 0 Å². The first kappa shape index (κ1) is 14.9. The van der Waals surface area contributed by atoms with Crippen molar-refractivity contribution in [1.82, 2.24) is 9.97 Å². The molecule has 2 N–H and O–H groups in total. The largest absolute Gasteiger partial charge is 0.338 e. The SMILES string of the molecule is CC(C)CN(c1ncc(CC(C)N)cn1)C(C)C. The zero-order chi connectivity index (χ0) is 13.7. The minimum absolute atomic E-state index is 0.149. The van der Waals surface area contributed by atoms with Gasteiger partial charge in [-0.25, -0.2) is 9.97 Å². The Bertz CT molecular complexity index is 343. The van der Waals surface area contributed by atoms with E-state index in [9.17, 15) is 0 Å². The highest BCUT2D eigenvalue weighted by Gasteiger charge is 2.14. The van der Waals surface area contributed by atoms with E-state index in [2.05, 4.69) is 42.6 Å². The quantitative estimate of drug-likeness (QED) is 0.841. The summed E-state index contributed by atoms with van der Waals surface area (Å²) in [4.78, 5) is 11.2. The summed E-state index contributed by atoms with van der Waals surface area (Å²) in [6.07, 6.45) is 4.61. The summed E-state index contributed by atoms with van der Waals surface area (Å²) in [5.74, 6) is 1.41. The molecule has 1 heterocycles. The molecule has 102 valence electrons. The van der Waals surface area contributed by atoms with Crippen molar-refractivity contribution in [2.75, 3.05) is 11.4 Å². The fourth-order valence-electron chi connectivity index (χ4n) is 1.89. The Hall–Kier alpha value is -1.16. The molecule has 4 nitrogen and oxygen atoms in total. The maximum absolute atomic E-state index is 5.77. The summed E-state index contributed by atoms with van der Waals surface area (Å²) >= 11 is 0. The number of hydrogen-bond acceptors (Lipinski definition) is 4. The molecule has 0 fully saturated rings. The van der Waals surface area contributed by atoms with Crippen LogP contribution < -0.4 is 10.6 Å². The van der Waals surface area contributed by atoms with Gasteiger partial charge in [0.25, 0.3) is 0 Å². The standard InChI is InChI=1S/C14H26N4/c1-10(2)9-18(11(3)4)14-16-7-13(8-17-14)6-12(5)15/h7-8,10-12H,6,9,15H2,1-5H3. The molecule has 1 atom stereocenters. The summed E-state index contributed by atoms with van der Waals surface area (Å²) in [6, 6.07) is 0.558. The average Bonchev–Trinajstić information content (AvgIpc) is 2.26. The van der Waals surface area contributed by atoms with Crippen LogP contribution in [0, 0.1) is 5.92 Å². The van der Waals surface area contributed by atoms with Crippen molar-refractivity contribution < 1.29 is 0 Å². The van der Waals surface area contributed by atoms with Crippen LogP contribution in [-0.2, 0) is 6.42 Å². The molecule has 1 aromatic rings. The van der Waals surface area contributed by atoms with Crippen LogP contribution in [0.25, 0.3) is 0 Å². The lowest BCUT2D eigenvalue weighted by Gasteiger charge is -2.28. The third-order valence-electron chi connectivity index (χ3n) is 2.69. The van der Waals surface area contributed by atoms with Crippen LogP contribution >= 0.6 is 0 Å². The van der Waals surface area contributed by atoms with Crippen LogP contribution in [0.1, 0.15) is 40.2 Å². The normalized spacial score (nSPS) is 13.1. The highest BCUT2D eigenvalue weighted by atomic mass is 15.3. The summed E-state index contributed by atoms with van der Waals surface area (Å²) in [5.41, 5.74) is 6.87. The Morgan fingerprint density at radius 3 is 2.06 bits per heavy atom. The van der Waals surface area contributed by atoms with E-state index in [1.807, 2.05) is 19.3 Å². The Kier molecular flexibility index (Phi) is 5.54. The molecule has 0 radical (unpaired) electrons. The van der Waals surface area contributed by atoms with Crippen molar-refractivity contribution in [3.05, 3.63) is 18.0 Å². The van der Waals surface area contributed by atoms with Crippen molar-refractivity contribution in [3.8, 4) is 0 Å². The van der Waals surface area contributed by atoms with Gasteiger partial charge in [-0.1, -0.05) is 13.8 Å². The van der Waals surface area contributed by atoms with Crippen molar-refractivity contribution in [2.24, 2.45) is 11.7 Å². The maximum atomic E-state index is 5.77. The molecule has 0 aliphatic heterocycles. The smallest absolute Gasteiger partial charge is 0.225 e. The highest BCUT2D eigenvalue weighted by molar-refractivity contribution is 5.31. The summed E-state index contributed by atoms with van der Waals surface area (Å²) in [6.45, 7) is 11.7. The average molecular weight is 250 g/mol. The van der Waals surface area contributed by atoms with Gasteiger partial charge in [-0.3, -0.25) is 0 Å². The maximum Gasteiger partial charge on any atom is 0.225 e. The van der Waals surface area contributed by atoms with Crippen molar-refractivity contribution in [3.63, 3.8) is 0 Å². The number of nitrogens with zero attached hydrogens (tertiary/aromatic N) is 3. The minimum Gasteiger partial charge on any atom is -0.338 e. The Morgan fingerprint density at radius 1 is 1.11 bits per heavy atom. The first-order valence-electron chi connectivity index (χ1n) is 6.73. The second kappa shape index (κ2) is 6.69. The Labute approximate surface area is 111 Å². The van der Waals surface area contributed by atoms with Crippen LogP contribution in [0.5, 0.6) is 0 Å². The Balaban J connectivity index is 2.80. The van der Waals surface area contributed by atoms with E-state index in [-0.39, 0.29) is 6.04 Å². The van der Waals surface area contributed by atoms with E-state index in [1.54, 1.807) is 0 Å². The van der Waals surface area contributed by atoms with Crippen molar-refractivity contribution in [2.45, 2.75) is 53.1 Å². The van der Waals surface area contributed by atoms with Gasteiger partial charge < -0.3 is 10.6 Å². The number of aromatic nitrogens is 2. The molecule has 1 rings (SSSR count). The molecule has 0 aliphatic rings. The minimum atomic E-state index is 0.149. The van der Waals surface area contributed by atoms with E-state index in [1.165, 1.54) is 0 Å². The number of hydrogen-bond donors (Lipinski definition) is 1.